The lowest BCUT2D eigenvalue weighted by Gasteiger charge is -2.16. The molecule has 0 radical (unpaired) electrons. The van der Waals surface area contributed by atoms with Gasteiger partial charge in [-0.15, -0.1) is 0 Å². The van der Waals surface area contributed by atoms with Crippen molar-refractivity contribution in [2.24, 2.45) is 0 Å². The summed E-state index contributed by atoms with van der Waals surface area (Å²) in [6, 6.07) is 15.7. The molecule has 2 atom stereocenters. The van der Waals surface area contributed by atoms with Crippen LogP contribution in [0.4, 0.5) is 0 Å². The van der Waals surface area contributed by atoms with Crippen LogP contribution in [0, 0.1) is 0 Å². The summed E-state index contributed by atoms with van der Waals surface area (Å²) in [7, 11) is 1.58. The summed E-state index contributed by atoms with van der Waals surface area (Å²) >= 11 is 0. The zero-order chi connectivity index (χ0) is 18.2. The van der Waals surface area contributed by atoms with Crippen LogP contribution >= 0.6 is 0 Å². The molecule has 0 aliphatic carbocycles. The molecule has 6 heteroatoms. The molecule has 132 valence electrons. The van der Waals surface area contributed by atoms with E-state index >= 15 is 0 Å². The second kappa shape index (κ2) is 8.84. The van der Waals surface area contributed by atoms with E-state index in [0.29, 0.717) is 12.1 Å². The molecule has 0 spiro atoms. The van der Waals surface area contributed by atoms with Crippen molar-refractivity contribution in [3.8, 4) is 5.75 Å². The van der Waals surface area contributed by atoms with Gasteiger partial charge < -0.3 is 19.9 Å². The zero-order valence-corrected chi connectivity index (χ0v) is 14.1. The zero-order valence-electron chi connectivity index (χ0n) is 14.1. The van der Waals surface area contributed by atoms with Crippen LogP contribution in [-0.2, 0) is 20.9 Å². The number of hydrogen-bond donors (Lipinski definition) is 2. The summed E-state index contributed by atoms with van der Waals surface area (Å²) in [5.74, 6) is -0.574. The Hall–Kier alpha value is -2.86. The quantitative estimate of drug-likeness (QED) is 0.751. The Morgan fingerprint density at radius 3 is 2.32 bits per heavy atom. The predicted octanol–water partition coefficient (Wildman–Crippen LogP) is 1.98. The minimum Gasteiger partial charge on any atom is -0.497 e. The maximum absolute atomic E-state index is 12.0. The standard InChI is InChI=1S/C19H21NO5/c1-13(25-19(23)17(21)15-6-4-3-5-7-15)18(22)20-12-14-8-10-16(24-2)11-9-14/h3-11,13,17,21H,12H2,1-2H3,(H,20,22)/t13-,17-/m1/s1. The van der Waals surface area contributed by atoms with Crippen LogP contribution in [0.3, 0.4) is 0 Å². The topological polar surface area (TPSA) is 84.9 Å². The van der Waals surface area contributed by atoms with Gasteiger partial charge in [0.15, 0.2) is 12.2 Å². The van der Waals surface area contributed by atoms with Gasteiger partial charge in [0.1, 0.15) is 5.75 Å². The maximum Gasteiger partial charge on any atom is 0.340 e. The molecule has 1 amide bonds. The minimum absolute atomic E-state index is 0.298. The molecular formula is C19H21NO5. The average molecular weight is 343 g/mol. The molecular weight excluding hydrogens is 322 g/mol. The third-order valence-electron chi connectivity index (χ3n) is 3.63. The first kappa shape index (κ1) is 18.5. The highest BCUT2D eigenvalue weighted by Gasteiger charge is 2.24. The molecule has 2 aromatic rings. The first-order chi connectivity index (χ1) is 12.0. The largest absolute Gasteiger partial charge is 0.497 e. The fourth-order valence-corrected chi connectivity index (χ4v) is 2.14. The number of aliphatic hydroxyl groups excluding tert-OH is 1. The van der Waals surface area contributed by atoms with E-state index < -0.39 is 24.1 Å². The van der Waals surface area contributed by atoms with E-state index in [1.54, 1.807) is 49.6 Å². The second-order valence-electron chi connectivity index (χ2n) is 5.46. The Labute approximate surface area is 146 Å². The number of esters is 1. The Bertz CT molecular complexity index is 700. The SMILES string of the molecule is COc1ccc(CNC(=O)[C@@H](C)OC(=O)[C@H](O)c2ccccc2)cc1. The van der Waals surface area contributed by atoms with E-state index in [4.69, 9.17) is 9.47 Å². The Morgan fingerprint density at radius 1 is 1.08 bits per heavy atom. The molecule has 2 aromatic carbocycles. The highest BCUT2D eigenvalue weighted by atomic mass is 16.6. The first-order valence-corrected chi connectivity index (χ1v) is 7.85. The fraction of sp³-hybridized carbons (Fsp3) is 0.263. The molecule has 0 unspecified atom stereocenters. The summed E-state index contributed by atoms with van der Waals surface area (Å²) in [6.07, 6.45) is -2.43. The highest BCUT2D eigenvalue weighted by molar-refractivity contribution is 5.84. The molecule has 0 fully saturated rings. The van der Waals surface area contributed by atoms with Gasteiger partial charge in [0, 0.05) is 6.54 Å². The maximum atomic E-state index is 12.0. The average Bonchev–Trinajstić information content (AvgIpc) is 2.66. The summed E-state index contributed by atoms with van der Waals surface area (Å²) in [5.41, 5.74) is 1.30. The van der Waals surface area contributed by atoms with Crippen LogP contribution in [0.25, 0.3) is 0 Å². The third kappa shape index (κ3) is 5.32. The number of methoxy groups -OCH3 is 1. The normalized spacial score (nSPS) is 12.8. The van der Waals surface area contributed by atoms with Crippen molar-refractivity contribution in [1.82, 2.24) is 5.32 Å². The summed E-state index contributed by atoms with van der Waals surface area (Å²) in [5, 5.41) is 12.6. The van der Waals surface area contributed by atoms with Crippen molar-refractivity contribution in [2.75, 3.05) is 7.11 Å². The van der Waals surface area contributed by atoms with Crippen LogP contribution in [0.5, 0.6) is 5.75 Å². The van der Waals surface area contributed by atoms with Crippen LogP contribution in [0.2, 0.25) is 0 Å². The number of carbonyl (C=O) groups excluding carboxylic acids is 2. The second-order valence-corrected chi connectivity index (χ2v) is 5.46. The highest BCUT2D eigenvalue weighted by Crippen LogP contribution is 2.15. The molecule has 0 aromatic heterocycles. The molecule has 0 bridgehead atoms. The van der Waals surface area contributed by atoms with Crippen molar-refractivity contribution in [1.29, 1.82) is 0 Å². The van der Waals surface area contributed by atoms with Crippen LogP contribution in [0.15, 0.2) is 54.6 Å². The van der Waals surface area contributed by atoms with Gasteiger partial charge in [-0.3, -0.25) is 4.79 Å². The number of hydrogen-bond acceptors (Lipinski definition) is 5. The lowest BCUT2D eigenvalue weighted by atomic mass is 10.1. The molecule has 0 aliphatic rings. The van der Waals surface area contributed by atoms with Crippen LogP contribution < -0.4 is 10.1 Å². The van der Waals surface area contributed by atoms with Gasteiger partial charge in [-0.1, -0.05) is 42.5 Å². The molecule has 0 aliphatic heterocycles. The molecule has 0 saturated heterocycles. The lowest BCUT2D eigenvalue weighted by molar-refractivity contribution is -0.163. The number of carbonyl (C=O) groups is 2. The fourth-order valence-electron chi connectivity index (χ4n) is 2.14. The van der Waals surface area contributed by atoms with E-state index in [1.807, 2.05) is 12.1 Å². The van der Waals surface area contributed by atoms with Gasteiger partial charge in [-0.2, -0.15) is 0 Å². The van der Waals surface area contributed by atoms with Gasteiger partial charge in [-0.25, -0.2) is 4.79 Å². The van der Waals surface area contributed by atoms with Crippen molar-refractivity contribution in [2.45, 2.75) is 25.7 Å². The minimum atomic E-state index is -1.42. The summed E-state index contributed by atoms with van der Waals surface area (Å²) < 4.78 is 10.1. The van der Waals surface area contributed by atoms with Crippen molar-refractivity contribution < 1.29 is 24.2 Å². The van der Waals surface area contributed by atoms with Gasteiger partial charge in [0.2, 0.25) is 0 Å². The van der Waals surface area contributed by atoms with E-state index in [9.17, 15) is 14.7 Å². The summed E-state index contributed by atoms with van der Waals surface area (Å²) in [4.78, 5) is 24.0. The van der Waals surface area contributed by atoms with E-state index in [0.717, 1.165) is 11.3 Å². The number of benzene rings is 2. The van der Waals surface area contributed by atoms with E-state index in [2.05, 4.69) is 5.32 Å². The van der Waals surface area contributed by atoms with Crippen molar-refractivity contribution in [3.63, 3.8) is 0 Å². The molecule has 2 N–H and O–H groups in total. The molecule has 25 heavy (non-hydrogen) atoms. The monoisotopic (exact) mass is 343 g/mol. The van der Waals surface area contributed by atoms with E-state index in [-0.39, 0.29) is 0 Å². The number of rotatable bonds is 7. The number of nitrogens with one attached hydrogen (secondary N) is 1. The van der Waals surface area contributed by atoms with Crippen molar-refractivity contribution >= 4 is 11.9 Å². The van der Waals surface area contributed by atoms with Gasteiger partial charge >= 0.3 is 5.97 Å². The Balaban J connectivity index is 1.83. The third-order valence-corrected chi connectivity index (χ3v) is 3.63. The van der Waals surface area contributed by atoms with Gasteiger partial charge in [-0.05, 0) is 30.2 Å². The Morgan fingerprint density at radius 2 is 1.72 bits per heavy atom. The molecule has 0 saturated carbocycles. The van der Waals surface area contributed by atoms with Crippen LogP contribution in [-0.4, -0.2) is 30.2 Å². The number of ether oxygens (including phenoxy) is 2. The van der Waals surface area contributed by atoms with Gasteiger partial charge in [0.25, 0.3) is 5.91 Å². The smallest absolute Gasteiger partial charge is 0.340 e. The number of aliphatic hydroxyl groups is 1. The lowest BCUT2D eigenvalue weighted by Crippen LogP contribution is -2.36. The number of amides is 1. The van der Waals surface area contributed by atoms with Crippen LogP contribution in [0.1, 0.15) is 24.2 Å². The predicted molar refractivity (Wildman–Crippen MR) is 91.8 cm³/mol. The van der Waals surface area contributed by atoms with Gasteiger partial charge in [0.05, 0.1) is 7.11 Å². The Kier molecular flexibility index (Phi) is 6.54. The molecule has 0 heterocycles. The summed E-state index contributed by atoms with van der Waals surface area (Å²) in [6.45, 7) is 1.75. The van der Waals surface area contributed by atoms with E-state index in [1.165, 1.54) is 6.92 Å². The van der Waals surface area contributed by atoms with Crippen molar-refractivity contribution in [3.05, 3.63) is 65.7 Å². The molecule has 2 rings (SSSR count). The molecule has 6 nitrogen and oxygen atoms in total. The first-order valence-electron chi connectivity index (χ1n) is 7.85.